The molecule has 0 unspecified atom stereocenters. The van der Waals surface area contributed by atoms with Crippen LogP contribution in [0.3, 0.4) is 0 Å². The van der Waals surface area contributed by atoms with Gasteiger partial charge in [0.25, 0.3) is 0 Å². The number of methoxy groups -OCH3 is 5. The molecule has 0 aliphatic heterocycles. The number of ketones is 1. The van der Waals surface area contributed by atoms with Crippen LogP contribution in [-0.4, -0.2) is 41.3 Å². The minimum absolute atomic E-state index is 0.237. The lowest BCUT2D eigenvalue weighted by Crippen LogP contribution is -2.01. The van der Waals surface area contributed by atoms with Gasteiger partial charge < -0.3 is 23.7 Å². The first-order chi connectivity index (χ1) is 13.0. The Balaban J connectivity index is 2.38. The molecule has 0 heterocycles. The Kier molecular flexibility index (Phi) is 7.12. The lowest BCUT2D eigenvalue weighted by Gasteiger charge is -2.12. The zero-order valence-corrected chi connectivity index (χ0v) is 17.4. The highest BCUT2D eigenvalue weighted by molar-refractivity contribution is 9.10. The van der Waals surface area contributed by atoms with E-state index in [0.717, 1.165) is 10.0 Å². The van der Waals surface area contributed by atoms with Crippen molar-refractivity contribution >= 4 is 27.8 Å². The van der Waals surface area contributed by atoms with Crippen LogP contribution in [0.5, 0.6) is 28.7 Å². The fourth-order valence-corrected chi connectivity index (χ4v) is 3.14. The highest BCUT2D eigenvalue weighted by Gasteiger charge is 2.16. The maximum Gasteiger partial charge on any atom is 0.189 e. The Hall–Kier alpha value is -2.67. The molecule has 0 atom stereocenters. The Bertz CT molecular complexity index is 860. The Morgan fingerprint density at radius 2 is 1.37 bits per heavy atom. The number of rotatable bonds is 8. The molecular formula is C20H21BrO6. The number of ether oxygens (including phenoxy) is 5. The van der Waals surface area contributed by atoms with Crippen LogP contribution in [0.2, 0.25) is 0 Å². The molecule has 0 aliphatic rings. The van der Waals surface area contributed by atoms with Crippen molar-refractivity contribution in [2.45, 2.75) is 0 Å². The standard InChI is InChI=1S/C20H21BrO6/c1-23-16-11-18(25-3)17(24-2)10-13(16)15(22)7-6-12-8-14(21)20(27-5)19(9-12)26-4/h6-11H,1-5H3. The molecule has 144 valence electrons. The zero-order valence-electron chi connectivity index (χ0n) is 15.8. The Morgan fingerprint density at radius 3 is 1.93 bits per heavy atom. The first-order valence-electron chi connectivity index (χ1n) is 7.93. The van der Waals surface area contributed by atoms with Crippen LogP contribution >= 0.6 is 15.9 Å². The average Bonchev–Trinajstić information content (AvgIpc) is 2.70. The van der Waals surface area contributed by atoms with Gasteiger partial charge in [-0.15, -0.1) is 0 Å². The molecule has 7 heteroatoms. The first-order valence-corrected chi connectivity index (χ1v) is 8.72. The number of halogens is 1. The average molecular weight is 437 g/mol. The minimum atomic E-state index is -0.237. The van der Waals surface area contributed by atoms with Gasteiger partial charge in [0, 0.05) is 6.07 Å². The van der Waals surface area contributed by atoms with Gasteiger partial charge in [-0.05, 0) is 45.8 Å². The Morgan fingerprint density at radius 1 is 0.778 bits per heavy atom. The van der Waals surface area contributed by atoms with Gasteiger partial charge in [-0.3, -0.25) is 4.79 Å². The number of allylic oxidation sites excluding steroid dienone is 1. The quantitative estimate of drug-likeness (QED) is 0.451. The van der Waals surface area contributed by atoms with Crippen molar-refractivity contribution < 1.29 is 28.5 Å². The molecule has 0 bridgehead atoms. The zero-order chi connectivity index (χ0) is 20.0. The van der Waals surface area contributed by atoms with E-state index in [1.165, 1.54) is 27.4 Å². The number of carbonyl (C=O) groups excluding carboxylic acids is 1. The predicted octanol–water partition coefficient (Wildman–Crippen LogP) is 4.39. The molecule has 0 saturated carbocycles. The summed E-state index contributed by atoms with van der Waals surface area (Å²) >= 11 is 3.43. The van der Waals surface area contributed by atoms with E-state index in [0.29, 0.717) is 34.3 Å². The molecule has 27 heavy (non-hydrogen) atoms. The highest BCUT2D eigenvalue weighted by atomic mass is 79.9. The van der Waals surface area contributed by atoms with Crippen molar-refractivity contribution in [1.82, 2.24) is 0 Å². The molecule has 2 aromatic carbocycles. The van der Waals surface area contributed by atoms with Crippen LogP contribution in [0.15, 0.2) is 34.8 Å². The van der Waals surface area contributed by atoms with Gasteiger partial charge >= 0.3 is 0 Å². The fraction of sp³-hybridized carbons (Fsp3) is 0.250. The predicted molar refractivity (Wildman–Crippen MR) is 107 cm³/mol. The van der Waals surface area contributed by atoms with Gasteiger partial charge in [0.2, 0.25) is 0 Å². The molecule has 0 radical (unpaired) electrons. The number of carbonyl (C=O) groups is 1. The highest BCUT2D eigenvalue weighted by Crippen LogP contribution is 2.37. The maximum absolute atomic E-state index is 12.7. The van der Waals surface area contributed by atoms with Crippen LogP contribution in [0.25, 0.3) is 6.08 Å². The molecule has 0 N–H and O–H groups in total. The largest absolute Gasteiger partial charge is 0.496 e. The fourth-order valence-electron chi connectivity index (χ4n) is 2.52. The summed E-state index contributed by atoms with van der Waals surface area (Å²) < 4.78 is 27.1. The second kappa shape index (κ2) is 9.32. The van der Waals surface area contributed by atoms with E-state index in [2.05, 4.69) is 15.9 Å². The summed E-state index contributed by atoms with van der Waals surface area (Å²) in [6.07, 6.45) is 3.14. The third kappa shape index (κ3) is 4.54. The second-order valence-electron chi connectivity index (χ2n) is 5.34. The van der Waals surface area contributed by atoms with Crippen LogP contribution < -0.4 is 23.7 Å². The molecule has 0 saturated heterocycles. The van der Waals surface area contributed by atoms with E-state index in [1.807, 2.05) is 6.07 Å². The van der Waals surface area contributed by atoms with Gasteiger partial charge in [-0.25, -0.2) is 0 Å². The molecular weight excluding hydrogens is 416 g/mol. The van der Waals surface area contributed by atoms with Crippen LogP contribution in [0.1, 0.15) is 15.9 Å². The molecule has 0 fully saturated rings. The number of hydrogen-bond acceptors (Lipinski definition) is 6. The summed E-state index contributed by atoms with van der Waals surface area (Å²) in [5.74, 6) is 2.24. The molecule has 0 amide bonds. The van der Waals surface area contributed by atoms with Crippen molar-refractivity contribution in [1.29, 1.82) is 0 Å². The van der Waals surface area contributed by atoms with Crippen LogP contribution in [0.4, 0.5) is 0 Å². The summed E-state index contributed by atoms with van der Waals surface area (Å²) in [6.45, 7) is 0. The van der Waals surface area contributed by atoms with Crippen molar-refractivity contribution in [3.8, 4) is 28.7 Å². The molecule has 2 rings (SSSR count). The summed E-state index contributed by atoms with van der Waals surface area (Å²) in [6, 6.07) is 6.82. The number of hydrogen-bond donors (Lipinski definition) is 0. The van der Waals surface area contributed by atoms with Crippen LogP contribution in [-0.2, 0) is 0 Å². The van der Waals surface area contributed by atoms with E-state index in [1.54, 1.807) is 38.5 Å². The maximum atomic E-state index is 12.7. The second-order valence-corrected chi connectivity index (χ2v) is 6.20. The molecule has 0 aliphatic carbocycles. The van der Waals surface area contributed by atoms with Crippen molar-refractivity contribution in [2.75, 3.05) is 35.5 Å². The van der Waals surface area contributed by atoms with E-state index in [4.69, 9.17) is 23.7 Å². The summed E-state index contributed by atoms with van der Waals surface area (Å²) in [7, 11) is 7.64. The Labute approximate surface area is 166 Å². The van der Waals surface area contributed by atoms with E-state index in [9.17, 15) is 4.79 Å². The van der Waals surface area contributed by atoms with E-state index >= 15 is 0 Å². The lowest BCUT2D eigenvalue weighted by molar-refractivity contribution is 0.104. The van der Waals surface area contributed by atoms with Gasteiger partial charge in [0.1, 0.15) is 5.75 Å². The van der Waals surface area contributed by atoms with Crippen molar-refractivity contribution in [2.24, 2.45) is 0 Å². The van der Waals surface area contributed by atoms with Crippen molar-refractivity contribution in [3.63, 3.8) is 0 Å². The monoisotopic (exact) mass is 436 g/mol. The normalized spacial score (nSPS) is 10.6. The molecule has 0 spiro atoms. The van der Waals surface area contributed by atoms with Gasteiger partial charge in [0.05, 0.1) is 45.6 Å². The molecule has 2 aromatic rings. The third-order valence-electron chi connectivity index (χ3n) is 3.85. The third-order valence-corrected chi connectivity index (χ3v) is 4.44. The smallest absolute Gasteiger partial charge is 0.189 e. The summed E-state index contributed by atoms with van der Waals surface area (Å²) in [4.78, 5) is 12.7. The topological polar surface area (TPSA) is 63.2 Å². The van der Waals surface area contributed by atoms with Crippen LogP contribution in [0, 0.1) is 0 Å². The summed E-state index contributed by atoms with van der Waals surface area (Å²) in [5, 5.41) is 0. The minimum Gasteiger partial charge on any atom is -0.496 e. The first kappa shape index (κ1) is 20.6. The summed E-state index contributed by atoms with van der Waals surface area (Å²) in [5.41, 5.74) is 1.14. The van der Waals surface area contributed by atoms with E-state index < -0.39 is 0 Å². The lowest BCUT2D eigenvalue weighted by atomic mass is 10.1. The van der Waals surface area contributed by atoms with Gasteiger partial charge in [-0.1, -0.05) is 6.08 Å². The SMILES string of the molecule is COc1cc(OC)c(C(=O)C=Cc2cc(Br)c(OC)c(OC)c2)cc1OC. The van der Waals surface area contributed by atoms with Gasteiger partial charge in [0.15, 0.2) is 28.8 Å². The number of benzene rings is 2. The molecule has 0 aromatic heterocycles. The van der Waals surface area contributed by atoms with E-state index in [-0.39, 0.29) is 5.78 Å². The van der Waals surface area contributed by atoms with Gasteiger partial charge in [-0.2, -0.15) is 0 Å². The van der Waals surface area contributed by atoms with Crippen molar-refractivity contribution in [3.05, 3.63) is 45.9 Å². The molecule has 6 nitrogen and oxygen atoms in total.